The first-order chi connectivity index (χ1) is 8.70. The quantitative estimate of drug-likeness (QED) is 0.789. The van der Waals surface area contributed by atoms with Crippen LogP contribution in [0.25, 0.3) is 5.65 Å². The van der Waals surface area contributed by atoms with Crippen LogP contribution in [0.2, 0.25) is 0 Å². The van der Waals surface area contributed by atoms with Crippen molar-refractivity contribution in [3.8, 4) is 0 Å². The minimum Gasteiger partial charge on any atom is -0.398 e. The number of pyridine rings is 1. The van der Waals surface area contributed by atoms with Crippen LogP contribution in [-0.2, 0) is 6.42 Å². The van der Waals surface area contributed by atoms with Gasteiger partial charge < -0.3 is 10.1 Å². The molecule has 2 heterocycles. The van der Waals surface area contributed by atoms with E-state index in [1.165, 1.54) is 5.56 Å². The van der Waals surface area contributed by atoms with E-state index >= 15 is 0 Å². The van der Waals surface area contributed by atoms with Crippen LogP contribution in [-0.4, -0.2) is 9.38 Å². The maximum Gasteiger partial charge on any atom is 0.137 e. The van der Waals surface area contributed by atoms with Crippen LogP contribution in [0, 0.1) is 0 Å². The van der Waals surface area contributed by atoms with Crippen LogP contribution >= 0.6 is 15.9 Å². The van der Waals surface area contributed by atoms with Gasteiger partial charge in [0.2, 0.25) is 0 Å². The van der Waals surface area contributed by atoms with Crippen molar-refractivity contribution in [2.24, 2.45) is 0 Å². The number of imidazole rings is 1. The zero-order valence-electron chi connectivity index (χ0n) is 9.68. The Labute approximate surface area is 113 Å². The molecule has 2 N–H and O–H groups in total. The smallest absolute Gasteiger partial charge is 0.137 e. The van der Waals surface area contributed by atoms with Gasteiger partial charge in [-0.2, -0.15) is 0 Å². The largest absolute Gasteiger partial charge is 0.398 e. The van der Waals surface area contributed by atoms with Crippen molar-refractivity contribution in [2.45, 2.75) is 6.42 Å². The van der Waals surface area contributed by atoms with Gasteiger partial charge in [-0.1, -0.05) is 28.1 Å². The summed E-state index contributed by atoms with van der Waals surface area (Å²) in [6, 6.07) is 12.1. The summed E-state index contributed by atoms with van der Waals surface area (Å²) in [5, 5.41) is 0. The van der Waals surface area contributed by atoms with E-state index in [0.717, 1.165) is 27.9 Å². The monoisotopic (exact) mass is 301 g/mol. The normalized spacial score (nSPS) is 10.9. The first kappa shape index (κ1) is 11.3. The number of benzene rings is 1. The molecule has 1 aromatic carbocycles. The number of rotatable bonds is 2. The van der Waals surface area contributed by atoms with E-state index in [1.807, 2.05) is 41.1 Å². The summed E-state index contributed by atoms with van der Waals surface area (Å²) >= 11 is 3.43. The molecule has 3 rings (SSSR count). The van der Waals surface area contributed by atoms with Gasteiger partial charge in [-0.05, 0) is 29.8 Å². The van der Waals surface area contributed by atoms with Gasteiger partial charge in [-0.3, -0.25) is 0 Å². The van der Waals surface area contributed by atoms with Crippen molar-refractivity contribution >= 4 is 27.3 Å². The molecule has 90 valence electrons. The highest BCUT2D eigenvalue weighted by atomic mass is 79.9. The Morgan fingerprint density at radius 2 is 1.83 bits per heavy atom. The van der Waals surface area contributed by atoms with Crippen molar-refractivity contribution in [2.75, 3.05) is 5.73 Å². The second-order valence-corrected chi connectivity index (χ2v) is 5.18. The van der Waals surface area contributed by atoms with Crippen LogP contribution in [0.4, 0.5) is 5.69 Å². The standard InChI is InChI=1S/C14H12BrN3/c15-11-3-1-10(2-4-11)7-13-9-18-8-12(16)5-6-14(18)17-13/h1-6,8-9H,7,16H2. The fraction of sp³-hybridized carbons (Fsp3) is 0.0714. The minimum absolute atomic E-state index is 0.745. The molecule has 0 atom stereocenters. The van der Waals surface area contributed by atoms with Gasteiger partial charge in [0.05, 0.1) is 5.69 Å². The SMILES string of the molecule is Nc1ccc2nc(Cc3ccc(Br)cc3)cn2c1. The van der Waals surface area contributed by atoms with Gasteiger partial charge in [0.25, 0.3) is 0 Å². The molecule has 0 saturated carbocycles. The van der Waals surface area contributed by atoms with Crippen molar-refractivity contribution in [1.29, 1.82) is 0 Å². The number of hydrogen-bond acceptors (Lipinski definition) is 2. The number of nitrogens with zero attached hydrogens (tertiary/aromatic N) is 2. The molecule has 0 aliphatic heterocycles. The molecule has 0 fully saturated rings. The van der Waals surface area contributed by atoms with E-state index in [1.54, 1.807) is 0 Å². The lowest BCUT2D eigenvalue weighted by atomic mass is 10.1. The predicted octanol–water partition coefficient (Wildman–Crippen LogP) is 3.27. The summed E-state index contributed by atoms with van der Waals surface area (Å²) < 4.78 is 3.05. The summed E-state index contributed by atoms with van der Waals surface area (Å²) in [5.74, 6) is 0. The molecule has 0 aliphatic carbocycles. The number of hydrogen-bond donors (Lipinski definition) is 1. The predicted molar refractivity (Wildman–Crippen MR) is 76.6 cm³/mol. The highest BCUT2D eigenvalue weighted by Crippen LogP contribution is 2.15. The van der Waals surface area contributed by atoms with E-state index in [2.05, 4.69) is 33.0 Å². The Balaban J connectivity index is 1.92. The van der Waals surface area contributed by atoms with Gasteiger partial charge in [0.1, 0.15) is 5.65 Å². The molecule has 3 aromatic rings. The third kappa shape index (κ3) is 2.24. The highest BCUT2D eigenvalue weighted by molar-refractivity contribution is 9.10. The highest BCUT2D eigenvalue weighted by Gasteiger charge is 2.03. The Kier molecular flexibility index (Phi) is 2.80. The topological polar surface area (TPSA) is 43.3 Å². The summed E-state index contributed by atoms with van der Waals surface area (Å²) in [6.45, 7) is 0. The zero-order valence-corrected chi connectivity index (χ0v) is 11.3. The molecule has 2 aromatic heterocycles. The van der Waals surface area contributed by atoms with E-state index in [-0.39, 0.29) is 0 Å². The van der Waals surface area contributed by atoms with Crippen LogP contribution in [0.1, 0.15) is 11.3 Å². The van der Waals surface area contributed by atoms with Crippen LogP contribution in [0.15, 0.2) is 53.3 Å². The van der Waals surface area contributed by atoms with Gasteiger partial charge in [-0.25, -0.2) is 4.98 Å². The Bertz CT molecular complexity index is 686. The molecule has 18 heavy (non-hydrogen) atoms. The number of halogens is 1. The fourth-order valence-corrected chi connectivity index (χ4v) is 2.22. The first-order valence-electron chi connectivity index (χ1n) is 5.68. The molecule has 0 aliphatic rings. The molecular weight excluding hydrogens is 290 g/mol. The van der Waals surface area contributed by atoms with Gasteiger partial charge >= 0.3 is 0 Å². The summed E-state index contributed by atoms with van der Waals surface area (Å²) in [6.07, 6.45) is 4.73. The summed E-state index contributed by atoms with van der Waals surface area (Å²) in [7, 11) is 0. The number of fused-ring (bicyclic) bond motifs is 1. The summed E-state index contributed by atoms with van der Waals surface area (Å²) in [5.41, 5.74) is 9.71. The van der Waals surface area contributed by atoms with E-state index in [4.69, 9.17) is 5.73 Å². The molecule has 0 amide bonds. The second-order valence-electron chi connectivity index (χ2n) is 4.26. The van der Waals surface area contributed by atoms with Crippen molar-refractivity contribution in [3.63, 3.8) is 0 Å². The lowest BCUT2D eigenvalue weighted by molar-refractivity contribution is 1.11. The summed E-state index contributed by atoms with van der Waals surface area (Å²) in [4.78, 5) is 4.57. The maximum atomic E-state index is 5.75. The number of nitrogen functional groups attached to an aromatic ring is 1. The van der Waals surface area contributed by atoms with Gasteiger partial charge in [0, 0.05) is 29.0 Å². The lowest BCUT2D eigenvalue weighted by Gasteiger charge is -1.97. The van der Waals surface area contributed by atoms with Crippen LogP contribution in [0.3, 0.4) is 0 Å². The Morgan fingerprint density at radius 3 is 2.61 bits per heavy atom. The molecule has 3 nitrogen and oxygen atoms in total. The Morgan fingerprint density at radius 1 is 1.06 bits per heavy atom. The first-order valence-corrected chi connectivity index (χ1v) is 6.47. The molecule has 0 bridgehead atoms. The van der Waals surface area contributed by atoms with Gasteiger partial charge in [0.15, 0.2) is 0 Å². The van der Waals surface area contributed by atoms with E-state index < -0.39 is 0 Å². The third-order valence-electron chi connectivity index (χ3n) is 2.82. The van der Waals surface area contributed by atoms with E-state index in [0.29, 0.717) is 0 Å². The molecule has 0 saturated heterocycles. The van der Waals surface area contributed by atoms with Crippen LogP contribution in [0.5, 0.6) is 0 Å². The molecule has 4 heteroatoms. The minimum atomic E-state index is 0.745. The number of aromatic nitrogens is 2. The fourth-order valence-electron chi connectivity index (χ4n) is 1.96. The third-order valence-corrected chi connectivity index (χ3v) is 3.35. The average molecular weight is 302 g/mol. The van der Waals surface area contributed by atoms with Crippen molar-refractivity contribution < 1.29 is 0 Å². The second kappa shape index (κ2) is 4.46. The zero-order chi connectivity index (χ0) is 12.5. The van der Waals surface area contributed by atoms with Crippen molar-refractivity contribution in [3.05, 3.63) is 64.5 Å². The number of anilines is 1. The molecule has 0 spiro atoms. The Hall–Kier alpha value is -1.81. The van der Waals surface area contributed by atoms with Crippen molar-refractivity contribution in [1.82, 2.24) is 9.38 Å². The van der Waals surface area contributed by atoms with Gasteiger partial charge in [-0.15, -0.1) is 0 Å². The molecule has 0 radical (unpaired) electrons. The number of nitrogens with two attached hydrogens (primary N) is 1. The molecule has 0 unspecified atom stereocenters. The average Bonchev–Trinajstić information content (AvgIpc) is 2.73. The maximum absolute atomic E-state index is 5.75. The van der Waals surface area contributed by atoms with Crippen LogP contribution < -0.4 is 5.73 Å². The lowest BCUT2D eigenvalue weighted by Crippen LogP contribution is -1.88. The van der Waals surface area contributed by atoms with E-state index in [9.17, 15) is 0 Å². The molecular formula is C14H12BrN3.